The third kappa shape index (κ3) is 6.97. The summed E-state index contributed by atoms with van der Waals surface area (Å²) in [7, 11) is -8.23. The third-order valence-corrected chi connectivity index (χ3v) is 7.95. The van der Waals surface area contributed by atoms with E-state index in [2.05, 4.69) is 29.1 Å². The molecule has 3 rings (SSSR count). The van der Waals surface area contributed by atoms with Crippen molar-refractivity contribution in [3.05, 3.63) is 59.7 Å². The second-order valence-corrected chi connectivity index (χ2v) is 12.2. The molecule has 1 unspecified atom stereocenters. The minimum absolute atomic E-state index is 0.0118. The highest BCUT2D eigenvalue weighted by molar-refractivity contribution is 7.82. The summed E-state index contributed by atoms with van der Waals surface area (Å²) in [6, 6.07) is 14.1. The maximum atomic E-state index is 11.9. The third-order valence-electron chi connectivity index (χ3n) is 6.11. The van der Waals surface area contributed by atoms with E-state index in [0.29, 0.717) is 5.92 Å². The van der Waals surface area contributed by atoms with Crippen LogP contribution in [0, 0.1) is 11.3 Å². The molecule has 8 nitrogen and oxygen atoms in total. The second-order valence-electron chi connectivity index (χ2n) is 9.78. The highest BCUT2D eigenvalue weighted by Gasteiger charge is 2.45. The molecular weight excluding hydrogens is 492 g/mol. The van der Waals surface area contributed by atoms with Crippen LogP contribution >= 0.6 is 0 Å². The SMILES string of the molecule is CCOS(=O)(=O)Oc1ccc(C2(c3ccc(OS(=O)(=O)OCC)cc3)CC(C)CC(C)(C)C2)cc1. The van der Waals surface area contributed by atoms with Gasteiger partial charge in [-0.2, -0.15) is 16.8 Å². The fraction of sp³-hybridized carbons (Fsp3) is 0.520. The van der Waals surface area contributed by atoms with Gasteiger partial charge in [0.2, 0.25) is 0 Å². The van der Waals surface area contributed by atoms with E-state index in [9.17, 15) is 16.8 Å². The molecule has 0 amide bonds. The molecule has 1 fully saturated rings. The molecule has 0 aliphatic heterocycles. The summed E-state index contributed by atoms with van der Waals surface area (Å²) >= 11 is 0. The molecule has 35 heavy (non-hydrogen) atoms. The predicted molar refractivity (Wildman–Crippen MR) is 133 cm³/mol. The average Bonchev–Trinajstić information content (AvgIpc) is 2.72. The Labute approximate surface area is 209 Å². The van der Waals surface area contributed by atoms with Crippen LogP contribution in [0.15, 0.2) is 48.5 Å². The van der Waals surface area contributed by atoms with Gasteiger partial charge in [0.1, 0.15) is 11.5 Å². The fourth-order valence-electron chi connectivity index (χ4n) is 5.41. The highest BCUT2D eigenvalue weighted by Crippen LogP contribution is 2.53. The molecule has 1 aliphatic rings. The molecule has 1 aliphatic carbocycles. The van der Waals surface area contributed by atoms with E-state index >= 15 is 0 Å². The van der Waals surface area contributed by atoms with Crippen molar-refractivity contribution in [2.24, 2.45) is 11.3 Å². The van der Waals surface area contributed by atoms with Gasteiger partial charge < -0.3 is 8.37 Å². The van der Waals surface area contributed by atoms with Crippen molar-refractivity contribution in [2.75, 3.05) is 13.2 Å². The van der Waals surface area contributed by atoms with Gasteiger partial charge in [-0.05, 0) is 79.8 Å². The lowest BCUT2D eigenvalue weighted by molar-refractivity contribution is 0.127. The standard InChI is InChI=1S/C25H34O8S2/c1-6-30-34(26,27)32-22-12-8-20(9-13-22)25(17-19(3)16-24(4,5)18-25)21-10-14-23(15-11-21)33-35(28,29)31-7-2/h8-15,19H,6-7,16-18H2,1-5H3. The van der Waals surface area contributed by atoms with Gasteiger partial charge in [-0.1, -0.05) is 45.0 Å². The van der Waals surface area contributed by atoms with Gasteiger partial charge in [0, 0.05) is 5.41 Å². The van der Waals surface area contributed by atoms with Crippen molar-refractivity contribution in [3.63, 3.8) is 0 Å². The van der Waals surface area contributed by atoms with Gasteiger partial charge in [-0.15, -0.1) is 0 Å². The molecule has 2 aromatic carbocycles. The van der Waals surface area contributed by atoms with Gasteiger partial charge in [-0.25, -0.2) is 8.37 Å². The zero-order valence-electron chi connectivity index (χ0n) is 20.8. The van der Waals surface area contributed by atoms with E-state index in [-0.39, 0.29) is 35.5 Å². The molecule has 2 aromatic rings. The summed E-state index contributed by atoms with van der Waals surface area (Å²) in [5.74, 6) is 0.776. The van der Waals surface area contributed by atoms with Crippen LogP contribution in [-0.2, 0) is 34.6 Å². The van der Waals surface area contributed by atoms with Crippen LogP contribution in [0.5, 0.6) is 11.5 Å². The molecule has 1 atom stereocenters. The van der Waals surface area contributed by atoms with Gasteiger partial charge in [0.15, 0.2) is 0 Å². The summed E-state index contributed by atoms with van der Waals surface area (Å²) in [6.07, 6.45) is 2.82. The first-order chi connectivity index (χ1) is 16.3. The van der Waals surface area contributed by atoms with Crippen molar-refractivity contribution in [3.8, 4) is 11.5 Å². The van der Waals surface area contributed by atoms with Gasteiger partial charge in [0.25, 0.3) is 0 Å². The maximum Gasteiger partial charge on any atom is 0.449 e. The molecule has 0 N–H and O–H groups in total. The largest absolute Gasteiger partial charge is 0.449 e. The van der Waals surface area contributed by atoms with E-state index in [0.717, 1.165) is 30.4 Å². The normalized spacial score (nSPS) is 19.7. The topological polar surface area (TPSA) is 105 Å². The summed E-state index contributed by atoms with van der Waals surface area (Å²) in [5.41, 5.74) is 1.73. The van der Waals surface area contributed by atoms with Crippen LogP contribution in [0.25, 0.3) is 0 Å². The Hall–Kier alpha value is -2.14. The fourth-order valence-corrected chi connectivity index (χ4v) is 6.78. The van der Waals surface area contributed by atoms with E-state index in [1.165, 1.54) is 0 Å². The number of benzene rings is 2. The van der Waals surface area contributed by atoms with Crippen molar-refractivity contribution >= 4 is 20.8 Å². The molecule has 1 saturated carbocycles. The van der Waals surface area contributed by atoms with E-state index in [1.54, 1.807) is 38.1 Å². The first kappa shape index (κ1) is 27.4. The summed E-state index contributed by atoms with van der Waals surface area (Å²) in [6.45, 7) is 9.84. The molecule has 194 valence electrons. The number of hydrogen-bond acceptors (Lipinski definition) is 8. The minimum Gasteiger partial charge on any atom is -0.362 e. The summed E-state index contributed by atoms with van der Waals surface area (Å²) in [5, 5.41) is 0. The molecule has 0 radical (unpaired) electrons. The Morgan fingerprint density at radius 3 is 1.49 bits per heavy atom. The van der Waals surface area contributed by atoms with Crippen LogP contribution in [0.3, 0.4) is 0 Å². The molecule has 0 aromatic heterocycles. The maximum absolute atomic E-state index is 11.9. The van der Waals surface area contributed by atoms with Crippen molar-refractivity contribution in [2.45, 2.75) is 59.3 Å². The Bertz CT molecular complexity index is 1120. The predicted octanol–water partition coefficient (Wildman–Crippen LogP) is 5.14. The zero-order chi connectivity index (χ0) is 25.9. The molecular formula is C25H34O8S2. The molecule has 10 heteroatoms. The van der Waals surface area contributed by atoms with Crippen molar-refractivity contribution < 1.29 is 33.6 Å². The smallest absolute Gasteiger partial charge is 0.362 e. The first-order valence-corrected chi connectivity index (χ1v) is 14.4. The molecule has 0 spiro atoms. The first-order valence-electron chi connectivity index (χ1n) is 11.7. The lowest BCUT2D eigenvalue weighted by Gasteiger charge is -2.48. The van der Waals surface area contributed by atoms with Crippen LogP contribution in [-0.4, -0.2) is 30.0 Å². The van der Waals surface area contributed by atoms with Gasteiger partial charge in [0.05, 0.1) is 13.2 Å². The van der Waals surface area contributed by atoms with Gasteiger partial charge >= 0.3 is 20.8 Å². The highest BCUT2D eigenvalue weighted by atomic mass is 32.3. The molecule has 0 bridgehead atoms. The number of hydrogen-bond donors (Lipinski definition) is 0. The Kier molecular flexibility index (Phi) is 8.20. The molecule has 0 saturated heterocycles. The Morgan fingerprint density at radius 2 is 1.14 bits per heavy atom. The Morgan fingerprint density at radius 1 is 0.743 bits per heavy atom. The van der Waals surface area contributed by atoms with Crippen LogP contribution in [0.1, 0.15) is 65.0 Å². The lowest BCUT2D eigenvalue weighted by atomic mass is 9.55. The quantitative estimate of drug-likeness (QED) is 0.419. The van der Waals surface area contributed by atoms with Crippen molar-refractivity contribution in [1.82, 2.24) is 0 Å². The Balaban J connectivity index is 1.99. The van der Waals surface area contributed by atoms with Crippen LogP contribution in [0.4, 0.5) is 0 Å². The van der Waals surface area contributed by atoms with E-state index in [1.807, 2.05) is 24.3 Å². The summed E-state index contributed by atoms with van der Waals surface area (Å²) in [4.78, 5) is 0. The van der Waals surface area contributed by atoms with E-state index < -0.39 is 20.8 Å². The average molecular weight is 527 g/mol. The van der Waals surface area contributed by atoms with Crippen molar-refractivity contribution in [1.29, 1.82) is 0 Å². The second kappa shape index (κ2) is 10.5. The summed E-state index contributed by atoms with van der Waals surface area (Å²) < 4.78 is 66.8. The number of rotatable bonds is 10. The monoisotopic (exact) mass is 526 g/mol. The van der Waals surface area contributed by atoms with Gasteiger partial charge in [-0.3, -0.25) is 0 Å². The molecule has 0 heterocycles. The van der Waals surface area contributed by atoms with Crippen LogP contribution in [0.2, 0.25) is 0 Å². The lowest BCUT2D eigenvalue weighted by Crippen LogP contribution is -2.41. The van der Waals surface area contributed by atoms with Crippen LogP contribution < -0.4 is 8.37 Å². The van der Waals surface area contributed by atoms with E-state index in [4.69, 9.17) is 8.37 Å². The minimum atomic E-state index is -4.11. The zero-order valence-corrected chi connectivity index (χ0v) is 22.4.